The highest BCUT2D eigenvalue weighted by Crippen LogP contribution is 2.32. The van der Waals surface area contributed by atoms with Gasteiger partial charge in [0.2, 0.25) is 5.91 Å². The Hall–Kier alpha value is -2.16. The van der Waals surface area contributed by atoms with Crippen LogP contribution in [-0.2, 0) is 14.3 Å². The van der Waals surface area contributed by atoms with Crippen LogP contribution in [0.2, 0.25) is 0 Å². The van der Waals surface area contributed by atoms with Crippen LogP contribution in [0.15, 0.2) is 18.2 Å². The minimum Gasteiger partial charge on any atom is -0.491 e. The lowest BCUT2D eigenvalue weighted by atomic mass is 10.0. The van der Waals surface area contributed by atoms with Gasteiger partial charge in [-0.1, -0.05) is 6.92 Å². The van der Waals surface area contributed by atoms with Crippen LogP contribution in [0.25, 0.3) is 0 Å². The summed E-state index contributed by atoms with van der Waals surface area (Å²) in [5.74, 6) is 1.11. The fraction of sp³-hybridized carbons (Fsp3) is 0.667. The average molecular weight is 448 g/mol. The van der Waals surface area contributed by atoms with Crippen molar-refractivity contribution in [2.75, 3.05) is 59.4 Å². The van der Waals surface area contributed by atoms with Gasteiger partial charge in [-0.25, -0.2) is 0 Å². The lowest BCUT2D eigenvalue weighted by Crippen LogP contribution is -2.47. The Morgan fingerprint density at radius 3 is 2.62 bits per heavy atom. The predicted molar refractivity (Wildman–Crippen MR) is 123 cm³/mol. The number of carbonyl (C=O) groups is 2. The van der Waals surface area contributed by atoms with Gasteiger partial charge in [-0.3, -0.25) is 14.5 Å². The van der Waals surface area contributed by atoms with Gasteiger partial charge in [0.1, 0.15) is 19.0 Å². The Bertz CT molecular complexity index is 798. The number of amides is 2. The highest BCUT2D eigenvalue weighted by Gasteiger charge is 2.31. The van der Waals surface area contributed by atoms with Crippen LogP contribution in [-0.4, -0.2) is 87.9 Å². The Labute approximate surface area is 191 Å². The van der Waals surface area contributed by atoms with Crippen molar-refractivity contribution in [1.82, 2.24) is 9.80 Å². The highest BCUT2D eigenvalue weighted by molar-refractivity contribution is 5.98. The molecular formula is C24H37N3O5. The molecule has 1 fully saturated rings. The lowest BCUT2D eigenvalue weighted by molar-refractivity contribution is -0.119. The number of ether oxygens (including phenoxy) is 3. The highest BCUT2D eigenvalue weighted by atomic mass is 16.5. The molecule has 8 nitrogen and oxygen atoms in total. The second kappa shape index (κ2) is 11.1. The normalized spacial score (nSPS) is 25.3. The minimum absolute atomic E-state index is 0.0383. The molecule has 0 unspecified atom stereocenters. The molecule has 0 aromatic heterocycles. The maximum absolute atomic E-state index is 13.2. The van der Waals surface area contributed by atoms with Gasteiger partial charge < -0.3 is 24.4 Å². The quantitative estimate of drug-likeness (QED) is 0.722. The van der Waals surface area contributed by atoms with Crippen molar-refractivity contribution in [3.8, 4) is 5.75 Å². The smallest absolute Gasteiger partial charge is 0.257 e. The van der Waals surface area contributed by atoms with Gasteiger partial charge >= 0.3 is 0 Å². The monoisotopic (exact) mass is 447 g/mol. The zero-order valence-electron chi connectivity index (χ0n) is 19.9. The molecule has 0 radical (unpaired) electrons. The molecule has 0 saturated heterocycles. The summed E-state index contributed by atoms with van der Waals surface area (Å²) in [7, 11) is 4.97. The SMILES string of the molecule is COCC(=O)Nc1ccc2c(c1)OC[C@@H](C)N(CC1CC1)C[C@@H](C)[C@H](OC)CN(C)C2=O. The van der Waals surface area contributed by atoms with E-state index in [4.69, 9.17) is 14.2 Å². The Balaban J connectivity index is 1.89. The Morgan fingerprint density at radius 2 is 1.97 bits per heavy atom. The van der Waals surface area contributed by atoms with Gasteiger partial charge in [0.05, 0.1) is 11.7 Å². The molecule has 32 heavy (non-hydrogen) atoms. The van der Waals surface area contributed by atoms with Crippen molar-refractivity contribution >= 4 is 17.5 Å². The number of anilines is 1. The average Bonchev–Trinajstić information content (AvgIpc) is 3.58. The molecule has 3 atom stereocenters. The van der Waals surface area contributed by atoms with E-state index in [0.29, 0.717) is 30.2 Å². The molecule has 0 spiro atoms. The second-order valence-corrected chi connectivity index (χ2v) is 9.19. The van der Waals surface area contributed by atoms with Gasteiger partial charge in [-0.15, -0.1) is 0 Å². The maximum atomic E-state index is 13.2. The summed E-state index contributed by atoms with van der Waals surface area (Å²) in [4.78, 5) is 29.3. The molecule has 2 amide bonds. The van der Waals surface area contributed by atoms with Gasteiger partial charge in [-0.05, 0) is 43.7 Å². The van der Waals surface area contributed by atoms with E-state index in [1.165, 1.54) is 20.0 Å². The second-order valence-electron chi connectivity index (χ2n) is 9.19. The van der Waals surface area contributed by atoms with Crippen molar-refractivity contribution in [2.45, 2.75) is 38.8 Å². The predicted octanol–water partition coefficient (Wildman–Crippen LogP) is 2.49. The summed E-state index contributed by atoms with van der Waals surface area (Å²) in [6.45, 7) is 7.21. The van der Waals surface area contributed by atoms with E-state index in [1.54, 1.807) is 37.3 Å². The molecule has 1 N–H and O–H groups in total. The summed E-state index contributed by atoms with van der Waals surface area (Å²) in [6.07, 6.45) is 2.52. The van der Waals surface area contributed by atoms with Crippen LogP contribution in [0.3, 0.4) is 0 Å². The maximum Gasteiger partial charge on any atom is 0.257 e. The Morgan fingerprint density at radius 1 is 1.22 bits per heavy atom. The molecule has 1 saturated carbocycles. The third-order valence-electron chi connectivity index (χ3n) is 6.32. The van der Waals surface area contributed by atoms with Crippen molar-refractivity contribution in [3.63, 3.8) is 0 Å². The zero-order chi connectivity index (χ0) is 23.3. The first-order valence-electron chi connectivity index (χ1n) is 11.4. The van der Waals surface area contributed by atoms with E-state index in [2.05, 4.69) is 24.1 Å². The van der Waals surface area contributed by atoms with Crippen LogP contribution in [0, 0.1) is 11.8 Å². The van der Waals surface area contributed by atoms with Crippen molar-refractivity contribution < 1.29 is 23.8 Å². The first-order chi connectivity index (χ1) is 15.3. The van der Waals surface area contributed by atoms with Gasteiger partial charge in [-0.2, -0.15) is 0 Å². The van der Waals surface area contributed by atoms with Crippen molar-refractivity contribution in [1.29, 1.82) is 0 Å². The largest absolute Gasteiger partial charge is 0.491 e. The van der Waals surface area contributed by atoms with Crippen LogP contribution in [0.4, 0.5) is 5.69 Å². The van der Waals surface area contributed by atoms with Gasteiger partial charge in [0.25, 0.3) is 5.91 Å². The van der Waals surface area contributed by atoms with Crippen LogP contribution in [0.5, 0.6) is 5.75 Å². The molecule has 0 bridgehead atoms. The summed E-state index contributed by atoms with van der Waals surface area (Å²) in [6, 6.07) is 5.32. The molecule has 1 aliphatic carbocycles. The van der Waals surface area contributed by atoms with E-state index in [-0.39, 0.29) is 36.5 Å². The molecule has 1 aromatic rings. The van der Waals surface area contributed by atoms with E-state index in [9.17, 15) is 9.59 Å². The standard InChI is InChI=1S/C24H37N3O5/c1-16-11-27(12-18-6-7-18)17(2)14-32-21-10-19(25-23(28)15-30-4)8-9-20(21)24(29)26(3)13-22(16)31-5/h8-10,16-18,22H,6-7,11-15H2,1-5H3,(H,25,28)/t16-,17-,22-/m1/s1. The zero-order valence-corrected chi connectivity index (χ0v) is 19.9. The minimum atomic E-state index is -0.259. The van der Waals surface area contributed by atoms with E-state index >= 15 is 0 Å². The number of nitrogens with zero attached hydrogens (tertiary/aromatic N) is 2. The number of rotatable bonds is 6. The molecule has 8 heteroatoms. The number of methoxy groups -OCH3 is 2. The fourth-order valence-corrected chi connectivity index (χ4v) is 4.14. The van der Waals surface area contributed by atoms with Gasteiger partial charge in [0.15, 0.2) is 0 Å². The van der Waals surface area contributed by atoms with Crippen LogP contribution < -0.4 is 10.1 Å². The van der Waals surface area contributed by atoms with Crippen molar-refractivity contribution in [3.05, 3.63) is 23.8 Å². The molecule has 3 rings (SSSR count). The molecule has 178 valence electrons. The summed E-state index contributed by atoms with van der Waals surface area (Å²) < 4.78 is 16.9. The van der Waals surface area contributed by atoms with Gasteiger partial charge in [0, 0.05) is 58.7 Å². The topological polar surface area (TPSA) is 80.3 Å². The lowest BCUT2D eigenvalue weighted by Gasteiger charge is -2.36. The number of likely N-dealkylation sites (N-methyl/N-ethyl adjacent to an activating group) is 1. The van der Waals surface area contributed by atoms with Crippen molar-refractivity contribution in [2.24, 2.45) is 11.8 Å². The summed E-state index contributed by atoms with van der Waals surface area (Å²) >= 11 is 0. The fourth-order valence-electron chi connectivity index (χ4n) is 4.14. The number of carbonyl (C=O) groups excluding carboxylic acids is 2. The van der Waals surface area contributed by atoms with E-state index < -0.39 is 0 Å². The van der Waals surface area contributed by atoms with E-state index in [0.717, 1.165) is 19.0 Å². The Kier molecular flexibility index (Phi) is 8.51. The number of benzene rings is 1. The number of hydrogen-bond acceptors (Lipinski definition) is 6. The van der Waals surface area contributed by atoms with E-state index in [1.807, 2.05) is 0 Å². The number of nitrogens with one attached hydrogen (secondary N) is 1. The number of hydrogen-bond donors (Lipinski definition) is 1. The number of fused-ring (bicyclic) bond motifs is 1. The summed E-state index contributed by atoms with van der Waals surface area (Å²) in [5, 5.41) is 2.78. The molecule has 1 aliphatic heterocycles. The first kappa shape index (κ1) is 24.5. The molecular weight excluding hydrogens is 410 g/mol. The first-order valence-corrected chi connectivity index (χ1v) is 11.4. The third-order valence-corrected chi connectivity index (χ3v) is 6.32. The van der Waals surface area contributed by atoms with Crippen LogP contribution in [0.1, 0.15) is 37.0 Å². The molecule has 1 aromatic carbocycles. The summed E-state index contributed by atoms with van der Waals surface area (Å²) in [5.41, 5.74) is 1.04. The molecule has 1 heterocycles. The third kappa shape index (κ3) is 6.43. The van der Waals surface area contributed by atoms with Crippen LogP contribution >= 0.6 is 0 Å². The molecule has 2 aliphatic rings.